The summed E-state index contributed by atoms with van der Waals surface area (Å²) in [4.78, 5) is 39.5. The minimum atomic E-state index is -5.09. The van der Waals surface area contributed by atoms with Crippen LogP contribution < -0.4 is 0 Å². The number of carbonyl (C=O) groups excluding carboxylic acids is 1. The number of aromatic nitrogens is 1. The summed E-state index contributed by atoms with van der Waals surface area (Å²) >= 11 is 0. The Morgan fingerprint density at radius 1 is 1.07 bits per heavy atom. The Bertz CT molecular complexity index is 2070. The van der Waals surface area contributed by atoms with Gasteiger partial charge in [-0.15, -0.1) is 0 Å². The molecule has 0 radical (unpaired) electrons. The van der Waals surface area contributed by atoms with Crippen molar-refractivity contribution in [3.8, 4) is 6.07 Å². The van der Waals surface area contributed by atoms with E-state index in [1.54, 1.807) is 32.2 Å². The van der Waals surface area contributed by atoms with Crippen LogP contribution in [-0.2, 0) is 28.1 Å². The highest BCUT2D eigenvalue weighted by atomic mass is 31.2. The Morgan fingerprint density at radius 3 is 2.34 bits per heavy atom. The minimum absolute atomic E-state index is 0.0527. The number of Topliss-reactive ketones (excluding diaryl/α,β-unsaturated/α-hetero) is 1. The Hall–Kier alpha value is -3.18. The maximum Gasteiger partial charge on any atom is 0.469 e. The fourth-order valence-electron chi connectivity index (χ4n) is 9.92. The molecular weight excluding hydrogens is 922 g/mol. The van der Waals surface area contributed by atoms with E-state index in [0.29, 0.717) is 37.3 Å². The van der Waals surface area contributed by atoms with E-state index >= 15 is 0 Å². The smallest absolute Gasteiger partial charge is 0.448 e. The van der Waals surface area contributed by atoms with Gasteiger partial charge in [0.15, 0.2) is 11.7 Å². The second kappa shape index (κ2) is 27.2. The van der Waals surface area contributed by atoms with Gasteiger partial charge >= 0.3 is 7.82 Å². The molecule has 3 unspecified atom stereocenters. The van der Waals surface area contributed by atoms with E-state index in [4.69, 9.17) is 28.4 Å². The lowest BCUT2D eigenvalue weighted by atomic mass is 9.59. The minimum Gasteiger partial charge on any atom is -0.448 e. The molecule has 2 heterocycles. The van der Waals surface area contributed by atoms with E-state index in [9.17, 15) is 44.7 Å². The number of allylic oxidation sites excluding steroid dienone is 8. The highest BCUT2D eigenvalue weighted by molar-refractivity contribution is 7.46. The Balaban J connectivity index is 1.74. The van der Waals surface area contributed by atoms with Crippen LogP contribution in [0.4, 0.5) is 0 Å². The predicted octanol–water partition coefficient (Wildman–Crippen LogP) is 6.59. The molecule has 3 rings (SSSR count). The zero-order valence-corrected chi connectivity index (χ0v) is 44.5. The summed E-state index contributed by atoms with van der Waals surface area (Å²) in [7, 11) is 1.30. The first-order valence-corrected chi connectivity index (χ1v) is 25.9. The highest BCUT2D eigenvalue weighted by Crippen LogP contribution is 2.60. The molecule has 1 aliphatic carbocycles. The van der Waals surface area contributed by atoms with Crippen LogP contribution in [0.25, 0.3) is 6.08 Å². The molecule has 0 bridgehead atoms. The summed E-state index contributed by atoms with van der Waals surface area (Å²) in [5.41, 5.74) is 1.09. The summed E-state index contributed by atoms with van der Waals surface area (Å²) in [6, 6.07) is 1.45. The lowest BCUT2D eigenvalue weighted by Crippen LogP contribution is -2.54. The molecule has 1 aliphatic heterocycles. The van der Waals surface area contributed by atoms with Crippen molar-refractivity contribution < 1.29 is 67.8 Å². The van der Waals surface area contributed by atoms with Crippen LogP contribution in [0.15, 0.2) is 63.9 Å². The number of ether oxygens (including phenoxy) is 3. The fourth-order valence-corrected chi connectivity index (χ4v) is 10.6. The van der Waals surface area contributed by atoms with Crippen LogP contribution in [0, 0.1) is 40.4 Å². The molecule has 7 N–H and O–H groups in total. The average molecular weight is 1010 g/mol. The third-order valence-electron chi connectivity index (χ3n) is 15.0. The first kappa shape index (κ1) is 61.1. The molecular formula is C52H84N3O14P. The van der Waals surface area contributed by atoms with E-state index in [1.807, 2.05) is 97.9 Å². The third-order valence-corrected chi connectivity index (χ3v) is 15.5. The highest BCUT2D eigenvalue weighted by Gasteiger charge is 2.66. The number of ketones is 1. The Morgan fingerprint density at radius 2 is 1.74 bits per heavy atom. The molecule has 1 aromatic heterocycles. The van der Waals surface area contributed by atoms with Gasteiger partial charge < -0.3 is 58.8 Å². The summed E-state index contributed by atoms with van der Waals surface area (Å²) in [5.74, 6) is -1.44. The number of oxazole rings is 1. The van der Waals surface area contributed by atoms with Crippen molar-refractivity contribution in [2.24, 2.45) is 29.1 Å². The van der Waals surface area contributed by atoms with Gasteiger partial charge in [0, 0.05) is 62.7 Å². The van der Waals surface area contributed by atoms with Gasteiger partial charge in [0.2, 0.25) is 0 Å². The van der Waals surface area contributed by atoms with Crippen LogP contribution in [0.2, 0.25) is 0 Å². The summed E-state index contributed by atoms with van der Waals surface area (Å²) in [6.07, 6.45) is 7.43. The fraction of sp³-hybridized carbons (Fsp3) is 0.712. The van der Waals surface area contributed by atoms with Crippen LogP contribution in [0.3, 0.4) is 0 Å². The lowest BCUT2D eigenvalue weighted by Gasteiger charge is -2.50. The molecule has 0 aromatic carbocycles. The number of methoxy groups -OCH3 is 2. The van der Waals surface area contributed by atoms with Crippen molar-refractivity contribution in [1.29, 1.82) is 5.26 Å². The SMILES string of the molecule is COC[C@H]([C@@H](O)[C@@H](O)C(=O)CCC[C@@H](C)c1nc(/C=C/C[C@H]2CC3(C[C@H](O)[C@H]2C)OC(C(C[C@@H](O)[C@@H](C)[C@@H](O)[C@@H](C)/C=C(C)/C(C)=C/C=C/C(C)=C\C#N)OC)[C@@H](OP(=O)(O)O)C3(C)C)co1)N(C)C. The first-order valence-electron chi connectivity index (χ1n) is 24.4. The van der Waals surface area contributed by atoms with E-state index < -0.39 is 85.4 Å². The quantitative estimate of drug-likeness (QED) is 0.0279. The predicted molar refractivity (Wildman–Crippen MR) is 267 cm³/mol. The van der Waals surface area contributed by atoms with E-state index in [-0.39, 0.29) is 49.5 Å². The zero-order chi connectivity index (χ0) is 52.9. The molecule has 1 saturated carbocycles. The van der Waals surface area contributed by atoms with Gasteiger partial charge in [0.1, 0.15) is 36.4 Å². The van der Waals surface area contributed by atoms with Gasteiger partial charge in [-0.2, -0.15) is 5.26 Å². The Labute approximate surface area is 416 Å². The number of phosphoric acid groups is 1. The number of hydrogen-bond acceptors (Lipinski definition) is 15. The van der Waals surface area contributed by atoms with E-state index in [0.717, 1.165) is 16.7 Å². The van der Waals surface area contributed by atoms with Crippen LogP contribution >= 0.6 is 7.82 Å². The van der Waals surface area contributed by atoms with Gasteiger partial charge in [-0.25, -0.2) is 9.55 Å². The largest absolute Gasteiger partial charge is 0.469 e. The van der Waals surface area contributed by atoms with Crippen molar-refractivity contribution in [3.05, 3.63) is 71.0 Å². The second-order valence-corrected chi connectivity index (χ2v) is 21.9. The molecule has 70 heavy (non-hydrogen) atoms. The van der Waals surface area contributed by atoms with Crippen LogP contribution in [-0.4, -0.2) is 146 Å². The molecule has 17 nitrogen and oxygen atoms in total. The molecule has 18 heteroatoms. The van der Waals surface area contributed by atoms with Crippen LogP contribution in [0.5, 0.6) is 0 Å². The number of carbonyl (C=O) groups is 1. The van der Waals surface area contributed by atoms with Gasteiger partial charge in [0.05, 0.1) is 48.7 Å². The normalized spacial score (nSPS) is 27.7. The van der Waals surface area contributed by atoms with Crippen molar-refractivity contribution in [2.75, 3.05) is 34.9 Å². The zero-order valence-electron chi connectivity index (χ0n) is 43.6. The van der Waals surface area contributed by atoms with Crippen molar-refractivity contribution >= 4 is 19.7 Å². The maximum atomic E-state index is 12.7. The molecule has 1 aromatic rings. The van der Waals surface area contributed by atoms with Gasteiger partial charge in [0.25, 0.3) is 0 Å². The van der Waals surface area contributed by atoms with E-state index in [2.05, 4.69) is 4.98 Å². The van der Waals surface area contributed by atoms with Crippen molar-refractivity contribution in [2.45, 2.75) is 174 Å². The molecule has 2 aliphatic rings. The number of phosphoric ester groups is 1. The number of likely N-dealkylation sites (N-methyl/N-ethyl adjacent to an activating group) is 1. The summed E-state index contributed by atoms with van der Waals surface area (Å²) in [6.45, 7) is 17.0. The first-order chi connectivity index (χ1) is 32.6. The number of nitrogens with zero attached hydrogens (tertiary/aromatic N) is 3. The lowest BCUT2D eigenvalue weighted by molar-refractivity contribution is -0.176. The summed E-state index contributed by atoms with van der Waals surface area (Å²) in [5, 5.41) is 64.7. The number of aliphatic hydroxyl groups excluding tert-OH is 5. The standard InChI is InChI=1S/C52H84N3O14P/c1-31(23-24-53)17-14-18-32(2)34(4)25-35(5)45(59)37(7)42(57)26-44(66-13)48-49(69-70(62,63)64)51(8,9)52(68-48)27-38(36(6)43(58)28-52)20-16-21-39-29-67-50(54-39)33(3)19-15-22-41(56)47(61)46(60)40(30-65-12)55(10)11/h14,16-18,21,23,25,29,33,35-38,40,42-49,57-61H,15,19-20,22,26-28,30H2,1-13H3,(H2,62,63,64)/b17-14+,21-16+,31-23-,32-18+,34-25+/t33-,35+,36+,37-,38+,40-,42-,43+,44?,45+,46-,47+,48?,49-,52?/m1/s1. The topological polar surface area (TPSA) is 266 Å². The second-order valence-electron chi connectivity index (χ2n) is 20.7. The van der Waals surface area contributed by atoms with Crippen molar-refractivity contribution in [1.82, 2.24) is 9.88 Å². The maximum absolute atomic E-state index is 12.7. The monoisotopic (exact) mass is 1010 g/mol. The third kappa shape index (κ3) is 16.4. The number of rotatable bonds is 27. The average Bonchev–Trinajstić information content (AvgIpc) is 3.84. The van der Waals surface area contributed by atoms with Crippen molar-refractivity contribution in [3.63, 3.8) is 0 Å². The molecule has 0 amide bonds. The Kier molecular flexibility index (Phi) is 23.8. The molecule has 2 fully saturated rings. The van der Waals surface area contributed by atoms with Gasteiger partial charge in [-0.1, -0.05) is 77.5 Å². The van der Waals surface area contributed by atoms with E-state index in [1.165, 1.54) is 20.3 Å². The number of aliphatic hydroxyl groups is 5. The molecule has 15 atom stereocenters. The summed E-state index contributed by atoms with van der Waals surface area (Å²) < 4.78 is 41.9. The number of nitriles is 1. The van der Waals surface area contributed by atoms with Crippen LogP contribution in [0.1, 0.15) is 125 Å². The van der Waals surface area contributed by atoms with Gasteiger partial charge in [-0.05, 0) is 89.6 Å². The molecule has 1 saturated heterocycles. The molecule has 396 valence electrons. The molecule has 1 spiro atoms. The van der Waals surface area contributed by atoms with Gasteiger partial charge in [-0.3, -0.25) is 9.32 Å². The number of hydrogen-bond donors (Lipinski definition) is 7.